The summed E-state index contributed by atoms with van der Waals surface area (Å²) in [5.41, 5.74) is -0.159. The van der Waals surface area contributed by atoms with Crippen molar-refractivity contribution in [1.82, 2.24) is 0 Å². The van der Waals surface area contributed by atoms with Gasteiger partial charge in [-0.3, -0.25) is 4.79 Å². The molecule has 1 N–H and O–H groups in total. The molecule has 0 atom stereocenters. The molecule has 109 valence electrons. The van der Waals surface area contributed by atoms with Gasteiger partial charge in [0.05, 0.1) is 6.61 Å². The molecule has 0 aliphatic rings. The van der Waals surface area contributed by atoms with Crippen LogP contribution in [0.1, 0.15) is 49.9 Å². The number of ether oxygens (including phenoxy) is 2. The number of unbranched alkanes of at least 4 members (excludes halogenated alkanes) is 1. The predicted octanol–water partition coefficient (Wildman–Crippen LogP) is 3.07. The van der Waals surface area contributed by atoms with Gasteiger partial charge in [0.2, 0.25) is 0 Å². The zero-order valence-electron chi connectivity index (χ0n) is 11.8. The third-order valence-electron chi connectivity index (χ3n) is 2.56. The topological polar surface area (TPSA) is 72.8 Å². The fraction of sp³-hybridized carbons (Fsp3) is 0.467. The van der Waals surface area contributed by atoms with Crippen LogP contribution in [0.25, 0.3) is 0 Å². The van der Waals surface area contributed by atoms with E-state index in [0.29, 0.717) is 13.0 Å². The first kappa shape index (κ1) is 16.0. The van der Waals surface area contributed by atoms with Crippen LogP contribution in [0.3, 0.4) is 0 Å². The molecule has 5 nitrogen and oxygen atoms in total. The third-order valence-corrected chi connectivity index (χ3v) is 2.56. The van der Waals surface area contributed by atoms with E-state index in [1.807, 2.05) is 13.8 Å². The Morgan fingerprint density at radius 1 is 1.30 bits per heavy atom. The quantitative estimate of drug-likeness (QED) is 0.450. The Labute approximate surface area is 118 Å². The summed E-state index contributed by atoms with van der Waals surface area (Å²) in [6, 6.07) is 5.63. The van der Waals surface area contributed by atoms with E-state index in [9.17, 15) is 14.7 Å². The molecule has 1 aromatic carbocycles. The summed E-state index contributed by atoms with van der Waals surface area (Å²) in [7, 11) is 0. The molecular formula is C15H19O5. The minimum atomic E-state index is -1.20. The SMILES string of the molecule is CCCCOc1cc[c]c(OC(=O)CCC)c1C(=O)O. The molecule has 0 amide bonds. The number of carbonyl (C=O) groups is 2. The number of hydrogen-bond donors (Lipinski definition) is 1. The summed E-state index contributed by atoms with van der Waals surface area (Å²) in [4.78, 5) is 22.8. The lowest BCUT2D eigenvalue weighted by Gasteiger charge is -2.12. The average molecular weight is 279 g/mol. The summed E-state index contributed by atoms with van der Waals surface area (Å²) in [5.74, 6) is -1.57. The van der Waals surface area contributed by atoms with Crippen LogP contribution in [0.4, 0.5) is 0 Å². The number of aromatic carboxylic acids is 1. The molecule has 0 bridgehead atoms. The van der Waals surface area contributed by atoms with E-state index in [2.05, 4.69) is 6.07 Å². The van der Waals surface area contributed by atoms with Gasteiger partial charge in [-0.15, -0.1) is 0 Å². The number of rotatable bonds is 8. The van der Waals surface area contributed by atoms with Crippen molar-refractivity contribution in [2.24, 2.45) is 0 Å². The van der Waals surface area contributed by atoms with Crippen LogP contribution in [0.2, 0.25) is 0 Å². The zero-order valence-corrected chi connectivity index (χ0v) is 11.8. The van der Waals surface area contributed by atoms with Gasteiger partial charge in [-0.05, 0) is 25.0 Å². The van der Waals surface area contributed by atoms with Crippen LogP contribution in [0.5, 0.6) is 11.5 Å². The van der Waals surface area contributed by atoms with Crippen molar-refractivity contribution in [2.75, 3.05) is 6.61 Å². The molecule has 1 rings (SSSR count). The number of carboxylic acids is 1. The van der Waals surface area contributed by atoms with Crippen molar-refractivity contribution in [2.45, 2.75) is 39.5 Å². The van der Waals surface area contributed by atoms with Gasteiger partial charge in [0, 0.05) is 12.5 Å². The smallest absolute Gasteiger partial charge is 0.343 e. The van der Waals surface area contributed by atoms with E-state index >= 15 is 0 Å². The van der Waals surface area contributed by atoms with Crippen molar-refractivity contribution in [1.29, 1.82) is 0 Å². The number of carbonyl (C=O) groups excluding carboxylic acids is 1. The zero-order chi connectivity index (χ0) is 15.0. The summed E-state index contributed by atoms with van der Waals surface area (Å²) < 4.78 is 10.5. The first-order chi connectivity index (χ1) is 9.60. The van der Waals surface area contributed by atoms with Gasteiger partial charge < -0.3 is 14.6 Å². The molecule has 20 heavy (non-hydrogen) atoms. The molecule has 0 heterocycles. The lowest BCUT2D eigenvalue weighted by Crippen LogP contribution is -2.12. The largest absolute Gasteiger partial charge is 0.493 e. The maximum absolute atomic E-state index is 11.5. The third kappa shape index (κ3) is 4.57. The second kappa shape index (κ2) is 8.19. The lowest BCUT2D eigenvalue weighted by molar-refractivity contribution is -0.134. The van der Waals surface area contributed by atoms with Gasteiger partial charge in [0.15, 0.2) is 5.75 Å². The van der Waals surface area contributed by atoms with Gasteiger partial charge in [0.25, 0.3) is 0 Å². The molecule has 0 unspecified atom stereocenters. The molecule has 5 heteroatoms. The fourth-order valence-corrected chi connectivity index (χ4v) is 1.56. The average Bonchev–Trinajstić information content (AvgIpc) is 2.39. The van der Waals surface area contributed by atoms with E-state index in [0.717, 1.165) is 12.8 Å². The van der Waals surface area contributed by atoms with Crippen LogP contribution >= 0.6 is 0 Å². The minimum Gasteiger partial charge on any atom is -0.493 e. The van der Waals surface area contributed by atoms with Crippen molar-refractivity contribution in [3.8, 4) is 11.5 Å². The second-order valence-electron chi connectivity index (χ2n) is 4.28. The fourth-order valence-electron chi connectivity index (χ4n) is 1.56. The maximum atomic E-state index is 11.5. The second-order valence-corrected chi connectivity index (χ2v) is 4.28. The number of hydrogen-bond acceptors (Lipinski definition) is 4. The Morgan fingerprint density at radius 2 is 2.05 bits per heavy atom. The van der Waals surface area contributed by atoms with Crippen LogP contribution in [-0.2, 0) is 4.79 Å². The monoisotopic (exact) mass is 279 g/mol. The predicted molar refractivity (Wildman–Crippen MR) is 73.2 cm³/mol. The maximum Gasteiger partial charge on any atom is 0.343 e. The van der Waals surface area contributed by atoms with Gasteiger partial charge in [-0.1, -0.05) is 20.3 Å². The highest BCUT2D eigenvalue weighted by molar-refractivity contribution is 5.95. The standard InChI is InChI=1S/C15H19O5/c1-3-5-10-19-11-8-6-9-12(14(11)15(17)18)20-13(16)7-4-2/h6,8H,3-5,7,10H2,1-2H3,(H,17,18). The van der Waals surface area contributed by atoms with Crippen molar-refractivity contribution < 1.29 is 24.2 Å². The Bertz CT molecular complexity index is 467. The van der Waals surface area contributed by atoms with Crippen LogP contribution in [0.15, 0.2) is 12.1 Å². The van der Waals surface area contributed by atoms with Crippen LogP contribution < -0.4 is 9.47 Å². The molecule has 0 saturated carbocycles. The van der Waals surface area contributed by atoms with Crippen LogP contribution in [-0.4, -0.2) is 23.7 Å². The molecule has 0 spiro atoms. The molecule has 0 aliphatic heterocycles. The molecule has 0 saturated heterocycles. The number of carboxylic acid groups (broad SMARTS) is 1. The van der Waals surface area contributed by atoms with Crippen molar-refractivity contribution >= 4 is 11.9 Å². The van der Waals surface area contributed by atoms with E-state index in [-0.39, 0.29) is 23.5 Å². The van der Waals surface area contributed by atoms with E-state index < -0.39 is 11.9 Å². The Morgan fingerprint density at radius 3 is 2.65 bits per heavy atom. The Kier molecular flexibility index (Phi) is 6.56. The first-order valence-corrected chi connectivity index (χ1v) is 6.71. The highest BCUT2D eigenvalue weighted by Gasteiger charge is 2.20. The van der Waals surface area contributed by atoms with E-state index in [1.54, 1.807) is 0 Å². The van der Waals surface area contributed by atoms with E-state index in [1.165, 1.54) is 12.1 Å². The van der Waals surface area contributed by atoms with E-state index in [4.69, 9.17) is 9.47 Å². The summed E-state index contributed by atoms with van der Waals surface area (Å²) in [6.07, 6.45) is 2.63. The van der Waals surface area contributed by atoms with Gasteiger partial charge in [0.1, 0.15) is 11.3 Å². The Balaban J connectivity index is 2.96. The summed E-state index contributed by atoms with van der Waals surface area (Å²) in [6.45, 7) is 4.27. The van der Waals surface area contributed by atoms with Gasteiger partial charge in [-0.25, -0.2) is 4.79 Å². The van der Waals surface area contributed by atoms with Crippen molar-refractivity contribution in [3.05, 3.63) is 23.8 Å². The molecule has 0 aromatic heterocycles. The highest BCUT2D eigenvalue weighted by Crippen LogP contribution is 2.28. The highest BCUT2D eigenvalue weighted by atomic mass is 16.5. The molecule has 0 aliphatic carbocycles. The number of esters is 1. The first-order valence-electron chi connectivity index (χ1n) is 6.71. The summed E-state index contributed by atoms with van der Waals surface area (Å²) in [5, 5.41) is 9.25. The summed E-state index contributed by atoms with van der Waals surface area (Å²) >= 11 is 0. The van der Waals surface area contributed by atoms with Crippen LogP contribution in [0, 0.1) is 6.07 Å². The molecule has 1 radical (unpaired) electrons. The van der Waals surface area contributed by atoms with Gasteiger partial charge in [-0.2, -0.15) is 0 Å². The Hall–Kier alpha value is -2.04. The van der Waals surface area contributed by atoms with Gasteiger partial charge >= 0.3 is 11.9 Å². The molecule has 1 aromatic rings. The number of benzene rings is 1. The lowest BCUT2D eigenvalue weighted by atomic mass is 10.1. The normalized spacial score (nSPS) is 10.1. The molecule has 0 fully saturated rings. The van der Waals surface area contributed by atoms with Crippen molar-refractivity contribution in [3.63, 3.8) is 0 Å². The molecular weight excluding hydrogens is 260 g/mol. The minimum absolute atomic E-state index is 0.0926.